The van der Waals surface area contributed by atoms with Gasteiger partial charge in [0.15, 0.2) is 0 Å². The highest BCUT2D eigenvalue weighted by Gasteiger charge is 2.10. The lowest BCUT2D eigenvalue weighted by Gasteiger charge is -2.04. The number of imide groups is 1. The molecule has 3 N–H and O–H groups in total. The normalized spacial score (nSPS) is 10.1. The number of nitrogens with two attached hydrogens (primary N) is 1. The van der Waals surface area contributed by atoms with E-state index in [1.165, 1.54) is 18.0 Å². The number of carbonyl (C=O) groups is 2. The Hall–Kier alpha value is -2.05. The summed E-state index contributed by atoms with van der Waals surface area (Å²) in [4.78, 5) is 27.6. The van der Waals surface area contributed by atoms with Crippen molar-refractivity contribution in [3.8, 4) is 0 Å². The van der Waals surface area contributed by atoms with Gasteiger partial charge in [0.1, 0.15) is 0 Å². The number of rotatable bonds is 4. The average Bonchev–Trinajstić information content (AvgIpc) is 2.47. The summed E-state index contributed by atoms with van der Waals surface area (Å²) < 4.78 is 0. The van der Waals surface area contributed by atoms with E-state index in [2.05, 4.69) is 10.3 Å². The fourth-order valence-corrected chi connectivity index (χ4v) is 2.22. The fourth-order valence-electron chi connectivity index (χ4n) is 1.45. The molecule has 0 aliphatic heterocycles. The maximum Gasteiger partial charge on any atom is 0.257 e. The SMILES string of the molecule is Nc1ccc(SCC(=O)NC(=O)c2ccc(Cl)cc2)nc1. The molecule has 2 rings (SSSR count). The quantitative estimate of drug-likeness (QED) is 0.844. The molecule has 0 bridgehead atoms. The summed E-state index contributed by atoms with van der Waals surface area (Å²) in [6, 6.07) is 9.71. The minimum absolute atomic E-state index is 0.0935. The number of anilines is 1. The van der Waals surface area contributed by atoms with Crippen LogP contribution < -0.4 is 11.1 Å². The second-order valence-corrected chi connectivity index (χ2v) is 5.53. The molecule has 2 amide bonds. The van der Waals surface area contributed by atoms with Crippen LogP contribution in [0, 0.1) is 0 Å². The van der Waals surface area contributed by atoms with Crippen molar-refractivity contribution in [2.45, 2.75) is 5.03 Å². The van der Waals surface area contributed by atoms with E-state index in [-0.39, 0.29) is 5.75 Å². The van der Waals surface area contributed by atoms with Crippen LogP contribution in [0.2, 0.25) is 5.02 Å². The van der Waals surface area contributed by atoms with Gasteiger partial charge in [-0.2, -0.15) is 0 Å². The lowest BCUT2D eigenvalue weighted by molar-refractivity contribution is -0.117. The minimum atomic E-state index is -0.456. The zero-order valence-corrected chi connectivity index (χ0v) is 12.4. The van der Waals surface area contributed by atoms with Gasteiger partial charge in [-0.3, -0.25) is 14.9 Å². The molecule has 108 valence electrons. The minimum Gasteiger partial charge on any atom is -0.397 e. The molecule has 0 aliphatic carbocycles. The summed E-state index contributed by atoms with van der Waals surface area (Å²) in [6.07, 6.45) is 1.51. The Kier molecular flexibility index (Phi) is 5.19. The number of carbonyl (C=O) groups excluding carboxylic acids is 2. The van der Waals surface area contributed by atoms with Crippen molar-refractivity contribution < 1.29 is 9.59 Å². The van der Waals surface area contributed by atoms with Crippen molar-refractivity contribution >= 4 is 40.9 Å². The van der Waals surface area contributed by atoms with Crippen LogP contribution in [0.1, 0.15) is 10.4 Å². The van der Waals surface area contributed by atoms with Gasteiger partial charge in [-0.05, 0) is 36.4 Å². The summed E-state index contributed by atoms with van der Waals surface area (Å²) in [5, 5.41) is 3.50. The summed E-state index contributed by atoms with van der Waals surface area (Å²) >= 11 is 6.96. The van der Waals surface area contributed by atoms with Crippen molar-refractivity contribution in [3.63, 3.8) is 0 Å². The number of amides is 2. The first kappa shape index (κ1) is 15.3. The molecule has 0 atom stereocenters. The van der Waals surface area contributed by atoms with Gasteiger partial charge in [-0.15, -0.1) is 0 Å². The number of nitrogen functional groups attached to an aromatic ring is 1. The Morgan fingerprint density at radius 2 is 1.90 bits per heavy atom. The molecule has 0 saturated carbocycles. The van der Waals surface area contributed by atoms with Crippen LogP contribution in [0.3, 0.4) is 0 Å². The van der Waals surface area contributed by atoms with Crippen LogP contribution in [0.15, 0.2) is 47.6 Å². The van der Waals surface area contributed by atoms with Crippen LogP contribution in [-0.2, 0) is 4.79 Å². The van der Waals surface area contributed by atoms with Gasteiger partial charge in [0.05, 0.1) is 22.7 Å². The van der Waals surface area contributed by atoms with Crippen molar-refractivity contribution in [3.05, 3.63) is 53.2 Å². The smallest absolute Gasteiger partial charge is 0.257 e. The molecule has 1 heterocycles. The van der Waals surface area contributed by atoms with E-state index in [1.54, 1.807) is 36.4 Å². The van der Waals surface area contributed by atoms with Crippen LogP contribution >= 0.6 is 23.4 Å². The molecular weight excluding hydrogens is 310 g/mol. The maximum absolute atomic E-state index is 11.8. The van der Waals surface area contributed by atoms with E-state index in [0.717, 1.165) is 0 Å². The number of benzene rings is 1. The molecule has 21 heavy (non-hydrogen) atoms. The number of nitrogens with one attached hydrogen (secondary N) is 1. The second-order valence-electron chi connectivity index (χ2n) is 4.10. The number of hydrogen-bond acceptors (Lipinski definition) is 5. The van der Waals surface area contributed by atoms with Crippen LogP contribution in [0.25, 0.3) is 0 Å². The van der Waals surface area contributed by atoms with E-state index >= 15 is 0 Å². The molecule has 0 spiro atoms. The number of nitrogens with zero attached hydrogens (tertiary/aromatic N) is 1. The number of hydrogen-bond donors (Lipinski definition) is 2. The predicted octanol–water partition coefficient (Wildman–Crippen LogP) is 2.37. The first-order valence-corrected chi connectivity index (χ1v) is 7.35. The molecule has 2 aromatic rings. The summed E-state index contributed by atoms with van der Waals surface area (Å²) in [5.41, 5.74) is 6.45. The number of thioether (sulfide) groups is 1. The van der Waals surface area contributed by atoms with Crippen molar-refractivity contribution in [1.82, 2.24) is 10.3 Å². The van der Waals surface area contributed by atoms with Gasteiger partial charge in [0.25, 0.3) is 5.91 Å². The maximum atomic E-state index is 11.8. The molecule has 0 aliphatic rings. The molecule has 0 saturated heterocycles. The number of pyridine rings is 1. The third-order valence-corrected chi connectivity index (χ3v) is 3.67. The summed E-state index contributed by atoms with van der Waals surface area (Å²) in [5.74, 6) is -0.753. The van der Waals surface area contributed by atoms with Gasteiger partial charge in [-0.25, -0.2) is 4.98 Å². The first-order chi connectivity index (χ1) is 10.0. The predicted molar refractivity (Wildman–Crippen MR) is 83.3 cm³/mol. The van der Waals surface area contributed by atoms with Crippen molar-refractivity contribution in [2.24, 2.45) is 0 Å². The molecular formula is C14H12ClN3O2S. The Balaban J connectivity index is 1.85. The van der Waals surface area contributed by atoms with Gasteiger partial charge in [0.2, 0.25) is 5.91 Å². The van der Waals surface area contributed by atoms with Gasteiger partial charge in [0, 0.05) is 10.6 Å². The second kappa shape index (κ2) is 7.10. The molecule has 0 radical (unpaired) electrons. The Bertz CT molecular complexity index is 644. The molecule has 0 fully saturated rings. The third kappa shape index (κ3) is 4.77. The molecule has 5 nitrogen and oxygen atoms in total. The van der Waals surface area contributed by atoms with Crippen molar-refractivity contribution in [1.29, 1.82) is 0 Å². The van der Waals surface area contributed by atoms with Crippen LogP contribution in [0.5, 0.6) is 0 Å². The number of aromatic nitrogens is 1. The van der Waals surface area contributed by atoms with Gasteiger partial charge in [-0.1, -0.05) is 23.4 Å². The Morgan fingerprint density at radius 3 is 2.52 bits per heavy atom. The largest absolute Gasteiger partial charge is 0.397 e. The molecule has 1 aromatic heterocycles. The Labute approximate surface area is 130 Å². The average molecular weight is 322 g/mol. The van der Waals surface area contributed by atoms with E-state index in [0.29, 0.717) is 21.3 Å². The van der Waals surface area contributed by atoms with E-state index in [1.807, 2.05) is 0 Å². The highest BCUT2D eigenvalue weighted by molar-refractivity contribution is 7.99. The number of halogens is 1. The van der Waals surface area contributed by atoms with E-state index < -0.39 is 11.8 Å². The summed E-state index contributed by atoms with van der Waals surface area (Å²) in [6.45, 7) is 0. The molecule has 0 unspecified atom stereocenters. The Morgan fingerprint density at radius 1 is 1.19 bits per heavy atom. The van der Waals surface area contributed by atoms with Gasteiger partial charge < -0.3 is 5.73 Å². The third-order valence-electron chi connectivity index (χ3n) is 2.47. The fraction of sp³-hybridized carbons (Fsp3) is 0.0714. The topological polar surface area (TPSA) is 85.1 Å². The van der Waals surface area contributed by atoms with Crippen molar-refractivity contribution in [2.75, 3.05) is 11.5 Å². The lowest BCUT2D eigenvalue weighted by atomic mass is 10.2. The van der Waals surface area contributed by atoms with Crippen LogP contribution in [0.4, 0.5) is 5.69 Å². The van der Waals surface area contributed by atoms with E-state index in [4.69, 9.17) is 17.3 Å². The zero-order valence-electron chi connectivity index (χ0n) is 10.9. The van der Waals surface area contributed by atoms with Gasteiger partial charge >= 0.3 is 0 Å². The lowest BCUT2D eigenvalue weighted by Crippen LogP contribution is -2.31. The van der Waals surface area contributed by atoms with Crippen LogP contribution in [-0.4, -0.2) is 22.6 Å². The summed E-state index contributed by atoms with van der Waals surface area (Å²) in [7, 11) is 0. The zero-order chi connectivity index (χ0) is 15.2. The highest BCUT2D eigenvalue weighted by atomic mass is 35.5. The standard InChI is InChI=1S/C14H12ClN3O2S/c15-10-3-1-9(2-4-10)14(20)18-12(19)8-21-13-6-5-11(16)7-17-13/h1-7H,8,16H2,(H,18,19,20). The molecule has 1 aromatic carbocycles. The monoisotopic (exact) mass is 321 g/mol. The van der Waals surface area contributed by atoms with E-state index in [9.17, 15) is 9.59 Å². The molecule has 7 heteroatoms. The highest BCUT2D eigenvalue weighted by Crippen LogP contribution is 2.15. The first-order valence-electron chi connectivity index (χ1n) is 5.98.